The molecule has 1 heterocycles. The zero-order valence-corrected chi connectivity index (χ0v) is 16.2. The van der Waals surface area contributed by atoms with Gasteiger partial charge in [0.05, 0.1) is 11.2 Å². The summed E-state index contributed by atoms with van der Waals surface area (Å²) in [6.07, 6.45) is 1.88. The molecule has 1 fully saturated rings. The van der Waals surface area contributed by atoms with E-state index in [1.807, 2.05) is 24.3 Å². The van der Waals surface area contributed by atoms with Crippen molar-refractivity contribution >= 4 is 23.1 Å². The molecule has 1 saturated heterocycles. The van der Waals surface area contributed by atoms with Crippen LogP contribution < -0.4 is 5.46 Å². The molecule has 0 N–H and O–H groups in total. The van der Waals surface area contributed by atoms with E-state index in [1.165, 1.54) is 0 Å². The van der Waals surface area contributed by atoms with E-state index in [2.05, 4.69) is 39.5 Å². The van der Waals surface area contributed by atoms with Crippen molar-refractivity contribution in [3.8, 4) is 11.8 Å². The van der Waals surface area contributed by atoms with Gasteiger partial charge in [-0.15, -0.1) is 0 Å². The zero-order valence-electron chi connectivity index (χ0n) is 14.2. The van der Waals surface area contributed by atoms with Crippen molar-refractivity contribution in [2.75, 3.05) is 6.61 Å². The Hall–Kier alpha value is -1.06. The lowest BCUT2D eigenvalue weighted by Gasteiger charge is -2.32. The van der Waals surface area contributed by atoms with Crippen molar-refractivity contribution in [2.45, 2.75) is 51.7 Å². The van der Waals surface area contributed by atoms with E-state index in [1.54, 1.807) is 0 Å². The fraction of sp³-hybridized carbons (Fsp3) is 0.529. The molecular weight excluding hydrogens is 291 g/mol. The Morgan fingerprint density at radius 1 is 1.09 bits per heavy atom. The van der Waals surface area contributed by atoms with Gasteiger partial charge in [0.1, 0.15) is 10.5 Å². The van der Waals surface area contributed by atoms with Gasteiger partial charge in [0.15, 0.2) is 0 Å². The number of hydrogen-bond donors (Lipinski definition) is 0. The zero-order chi connectivity index (χ0) is 16.2. The first kappa shape index (κ1) is 17.3. The molecule has 0 unspecified atom stereocenters. The molecule has 0 aliphatic carbocycles. The summed E-state index contributed by atoms with van der Waals surface area (Å²) in [6.45, 7) is 9.08. The second-order valence-corrected chi connectivity index (χ2v) is 7.19. The molecule has 0 radical (unpaired) electrons. The Kier molecular flexibility index (Phi) is 5.51. The van der Waals surface area contributed by atoms with Gasteiger partial charge in [0.25, 0.3) is 0 Å². The lowest BCUT2D eigenvalue weighted by molar-refractivity contribution is 0.00578. The highest BCUT2D eigenvalue weighted by Gasteiger charge is 2.51. The second-order valence-electron chi connectivity index (χ2n) is 6.61. The minimum absolute atomic E-state index is 0.305. The van der Waals surface area contributed by atoms with Crippen molar-refractivity contribution in [2.24, 2.45) is 0 Å². The Morgan fingerprint density at radius 3 is 2.23 bits per heavy atom. The number of hydrogen-bond acceptors (Lipinski definition) is 3. The maximum absolute atomic E-state index is 6.05. The van der Waals surface area contributed by atoms with Crippen LogP contribution in [0.5, 0.6) is 0 Å². The summed E-state index contributed by atoms with van der Waals surface area (Å²) in [5.41, 5.74) is 1.45. The van der Waals surface area contributed by atoms with Crippen LogP contribution in [0.25, 0.3) is 0 Å². The monoisotopic (exact) mass is 316 g/mol. The quantitative estimate of drug-likeness (QED) is 0.478. The normalized spacial score (nSPS) is 19.0. The van der Waals surface area contributed by atoms with Gasteiger partial charge in [-0.05, 0) is 51.7 Å². The first-order valence-corrected chi connectivity index (χ1v) is 8.61. The summed E-state index contributed by atoms with van der Waals surface area (Å²) >= 11 is 0. The summed E-state index contributed by atoms with van der Waals surface area (Å²) in [5, 5.41) is 0. The highest BCUT2D eigenvalue weighted by atomic mass is 28.2. The Morgan fingerprint density at radius 2 is 1.68 bits per heavy atom. The van der Waals surface area contributed by atoms with Crippen molar-refractivity contribution in [1.82, 2.24) is 0 Å². The SMILES string of the molecule is CC1(C)OB(c2ccc(C#CCCCO[SiH3])cc2)OC1(C)C. The fourth-order valence-corrected chi connectivity index (χ4v) is 2.46. The predicted molar refractivity (Wildman–Crippen MR) is 94.2 cm³/mol. The summed E-state index contributed by atoms with van der Waals surface area (Å²) < 4.78 is 17.2. The molecule has 3 nitrogen and oxygen atoms in total. The van der Waals surface area contributed by atoms with Crippen LogP contribution in [0.2, 0.25) is 0 Å². The number of rotatable bonds is 4. The molecular formula is C17H25BO3Si. The summed E-state index contributed by atoms with van der Waals surface area (Å²) in [6, 6.07) is 8.12. The lowest BCUT2D eigenvalue weighted by atomic mass is 9.79. The average Bonchev–Trinajstić information content (AvgIpc) is 2.68. The van der Waals surface area contributed by atoms with E-state index in [4.69, 9.17) is 13.7 Å². The number of unbranched alkanes of at least 4 members (excludes halogenated alkanes) is 1. The maximum atomic E-state index is 6.05. The topological polar surface area (TPSA) is 27.7 Å². The van der Waals surface area contributed by atoms with Crippen molar-refractivity contribution in [3.05, 3.63) is 29.8 Å². The Bertz CT molecular complexity index is 542. The van der Waals surface area contributed by atoms with Gasteiger partial charge in [-0.3, -0.25) is 0 Å². The first-order valence-electron chi connectivity index (χ1n) is 7.79. The van der Waals surface area contributed by atoms with E-state index in [0.29, 0.717) is 0 Å². The summed E-state index contributed by atoms with van der Waals surface area (Å²) in [7, 11) is 0.499. The predicted octanol–water partition coefficient (Wildman–Crippen LogP) is 1.41. The molecule has 1 aromatic carbocycles. The molecule has 0 saturated carbocycles. The third-order valence-electron chi connectivity index (χ3n) is 4.32. The molecule has 22 heavy (non-hydrogen) atoms. The minimum Gasteiger partial charge on any atom is -0.428 e. The molecule has 0 bridgehead atoms. The molecule has 0 amide bonds. The highest BCUT2D eigenvalue weighted by Crippen LogP contribution is 2.36. The molecule has 1 aliphatic rings. The molecule has 5 heteroatoms. The minimum atomic E-state index is -0.308. The second kappa shape index (κ2) is 7.01. The number of benzene rings is 1. The maximum Gasteiger partial charge on any atom is 0.494 e. The molecule has 1 aromatic rings. The lowest BCUT2D eigenvalue weighted by Crippen LogP contribution is -2.41. The van der Waals surface area contributed by atoms with Crippen molar-refractivity contribution in [3.63, 3.8) is 0 Å². The van der Waals surface area contributed by atoms with E-state index in [9.17, 15) is 0 Å². The van der Waals surface area contributed by atoms with Gasteiger partial charge in [-0.2, -0.15) is 0 Å². The van der Waals surface area contributed by atoms with Crippen LogP contribution in [-0.2, 0) is 13.7 Å². The highest BCUT2D eigenvalue weighted by molar-refractivity contribution is 6.62. The summed E-state index contributed by atoms with van der Waals surface area (Å²) in [4.78, 5) is 0. The third-order valence-corrected chi connectivity index (χ3v) is 4.73. The third kappa shape index (κ3) is 4.02. The van der Waals surface area contributed by atoms with Gasteiger partial charge in [-0.25, -0.2) is 0 Å². The Labute approximate surface area is 137 Å². The largest absolute Gasteiger partial charge is 0.494 e. The average molecular weight is 316 g/mol. The van der Waals surface area contributed by atoms with Crippen LogP contribution >= 0.6 is 0 Å². The van der Waals surface area contributed by atoms with Crippen molar-refractivity contribution in [1.29, 1.82) is 0 Å². The van der Waals surface area contributed by atoms with E-state index in [-0.39, 0.29) is 18.3 Å². The van der Waals surface area contributed by atoms with Gasteiger partial charge >= 0.3 is 7.12 Å². The van der Waals surface area contributed by atoms with E-state index >= 15 is 0 Å². The standard InChI is InChI=1S/C17H25BO3Si/c1-16(2)17(3,4)21-18(20-16)15-11-9-14(10-12-15)8-6-5-7-13-19-22/h9-12H,5,7,13H2,1-4,22H3. The summed E-state index contributed by atoms with van der Waals surface area (Å²) in [5.74, 6) is 6.35. The van der Waals surface area contributed by atoms with Crippen molar-refractivity contribution < 1.29 is 13.7 Å². The van der Waals surface area contributed by atoms with E-state index < -0.39 is 0 Å². The van der Waals surface area contributed by atoms with Crippen LogP contribution in [-0.4, -0.2) is 35.4 Å². The van der Waals surface area contributed by atoms with Gasteiger partial charge in [0.2, 0.25) is 0 Å². The van der Waals surface area contributed by atoms with Crippen LogP contribution in [0.1, 0.15) is 46.1 Å². The van der Waals surface area contributed by atoms with Crippen LogP contribution in [0, 0.1) is 11.8 Å². The Balaban J connectivity index is 1.98. The molecule has 0 aromatic heterocycles. The van der Waals surface area contributed by atoms with Crippen LogP contribution in [0.4, 0.5) is 0 Å². The van der Waals surface area contributed by atoms with Gasteiger partial charge in [0, 0.05) is 18.6 Å². The molecule has 2 rings (SSSR count). The van der Waals surface area contributed by atoms with Crippen LogP contribution in [0.3, 0.4) is 0 Å². The van der Waals surface area contributed by atoms with Gasteiger partial charge in [-0.1, -0.05) is 24.0 Å². The molecule has 1 aliphatic heterocycles. The smallest absolute Gasteiger partial charge is 0.428 e. The van der Waals surface area contributed by atoms with E-state index in [0.717, 1.165) is 41.0 Å². The molecule has 118 valence electrons. The van der Waals surface area contributed by atoms with Gasteiger partial charge < -0.3 is 13.7 Å². The molecule has 0 atom stereocenters. The fourth-order valence-electron chi connectivity index (χ4n) is 2.17. The molecule has 0 spiro atoms. The van der Waals surface area contributed by atoms with Crippen LogP contribution in [0.15, 0.2) is 24.3 Å². The first-order chi connectivity index (χ1) is 10.4.